The van der Waals surface area contributed by atoms with Gasteiger partial charge in [0.2, 0.25) is 0 Å². The molecule has 5 aliphatic carbocycles. The van der Waals surface area contributed by atoms with Gasteiger partial charge in [-0.15, -0.1) is 0 Å². The van der Waals surface area contributed by atoms with Crippen LogP contribution in [0.3, 0.4) is 0 Å². The van der Waals surface area contributed by atoms with Gasteiger partial charge in [-0.3, -0.25) is 9.59 Å². The molecule has 10 atom stereocenters. The summed E-state index contributed by atoms with van der Waals surface area (Å²) in [4.78, 5) is 26.4. The molecule has 35 heavy (non-hydrogen) atoms. The molecule has 0 amide bonds. The van der Waals surface area contributed by atoms with Gasteiger partial charge in [0.1, 0.15) is 0 Å². The van der Waals surface area contributed by atoms with Crippen molar-refractivity contribution in [1.29, 1.82) is 0 Å². The number of rotatable bonds is 4. The zero-order chi connectivity index (χ0) is 25.8. The maximum atomic E-state index is 13.6. The van der Waals surface area contributed by atoms with Crippen molar-refractivity contribution in [1.82, 2.24) is 0 Å². The number of aliphatic hydroxyl groups is 1. The van der Waals surface area contributed by atoms with E-state index in [1.54, 1.807) is 0 Å². The highest BCUT2D eigenvalue weighted by molar-refractivity contribution is 5.80. The van der Waals surface area contributed by atoms with Crippen LogP contribution < -0.4 is 0 Å². The smallest absolute Gasteiger partial charge is 0.310 e. The molecule has 0 aromatic rings. The van der Waals surface area contributed by atoms with Crippen LogP contribution in [0.4, 0.5) is 0 Å². The normalized spacial score (nSPS) is 52.1. The van der Waals surface area contributed by atoms with Crippen molar-refractivity contribution in [3.05, 3.63) is 12.2 Å². The average molecular weight is 487 g/mol. The fourth-order valence-corrected chi connectivity index (χ4v) is 12.0. The lowest BCUT2D eigenvalue weighted by Gasteiger charge is -2.69. The summed E-state index contributed by atoms with van der Waals surface area (Å²) in [6, 6.07) is 0. The van der Waals surface area contributed by atoms with Crippen LogP contribution in [0.1, 0.15) is 92.4 Å². The van der Waals surface area contributed by atoms with Crippen molar-refractivity contribution in [2.24, 2.45) is 62.6 Å². The molecule has 5 saturated carbocycles. The van der Waals surface area contributed by atoms with E-state index >= 15 is 0 Å². The van der Waals surface area contributed by atoms with E-state index in [0.717, 1.165) is 44.1 Å². The van der Waals surface area contributed by atoms with Gasteiger partial charge < -0.3 is 15.3 Å². The van der Waals surface area contributed by atoms with Gasteiger partial charge >= 0.3 is 11.9 Å². The highest BCUT2D eigenvalue weighted by Gasteiger charge is 2.76. The second kappa shape index (κ2) is 7.58. The third-order valence-electron chi connectivity index (χ3n) is 13.3. The predicted octanol–water partition coefficient (Wildman–Crippen LogP) is 6.01. The third-order valence-corrected chi connectivity index (χ3v) is 13.3. The summed E-state index contributed by atoms with van der Waals surface area (Å²) in [6.07, 6.45) is 6.93. The highest BCUT2D eigenvalue weighted by Crippen LogP contribution is 2.79. The quantitative estimate of drug-likeness (QED) is 0.423. The maximum absolute atomic E-state index is 13.6. The highest BCUT2D eigenvalue weighted by atomic mass is 16.4. The van der Waals surface area contributed by atoms with Crippen LogP contribution in [0.25, 0.3) is 0 Å². The Hall–Kier alpha value is -1.36. The molecule has 0 bridgehead atoms. The molecule has 0 radical (unpaired) electrons. The third kappa shape index (κ3) is 2.80. The van der Waals surface area contributed by atoms with Crippen LogP contribution in [0.15, 0.2) is 12.2 Å². The fourth-order valence-electron chi connectivity index (χ4n) is 12.0. The molecule has 0 aromatic heterocycles. The number of aliphatic hydroxyl groups excluding tert-OH is 1. The average Bonchev–Trinajstić information content (AvgIpc) is 3.27. The zero-order valence-corrected chi connectivity index (χ0v) is 22.4. The Morgan fingerprint density at radius 1 is 0.886 bits per heavy atom. The number of carboxylic acids is 2. The van der Waals surface area contributed by atoms with Crippen LogP contribution in [0, 0.1) is 62.6 Å². The van der Waals surface area contributed by atoms with Crippen LogP contribution in [0.2, 0.25) is 0 Å². The first-order valence-corrected chi connectivity index (χ1v) is 14.0. The Bertz CT molecular complexity index is 954. The van der Waals surface area contributed by atoms with Crippen LogP contribution in [-0.2, 0) is 9.59 Å². The topological polar surface area (TPSA) is 94.8 Å². The van der Waals surface area contributed by atoms with Gasteiger partial charge in [-0.2, -0.15) is 0 Å². The summed E-state index contributed by atoms with van der Waals surface area (Å²) in [5.41, 5.74) is -1.09. The Kier molecular flexibility index (Phi) is 5.48. The first-order valence-electron chi connectivity index (χ1n) is 14.0. The van der Waals surface area contributed by atoms with Gasteiger partial charge in [0, 0.05) is 6.61 Å². The molecule has 5 heteroatoms. The fraction of sp³-hybridized carbons (Fsp3) is 0.867. The Morgan fingerprint density at radius 2 is 1.57 bits per heavy atom. The summed E-state index contributed by atoms with van der Waals surface area (Å²) in [5.74, 6) is -0.765. The van der Waals surface area contributed by atoms with E-state index < -0.39 is 28.2 Å². The minimum absolute atomic E-state index is 0.0813. The van der Waals surface area contributed by atoms with Gasteiger partial charge in [0.25, 0.3) is 0 Å². The molecule has 4 unspecified atom stereocenters. The molecule has 0 heterocycles. The lowest BCUT2D eigenvalue weighted by molar-refractivity contribution is -0.240. The van der Waals surface area contributed by atoms with Gasteiger partial charge in [-0.05, 0) is 116 Å². The van der Waals surface area contributed by atoms with E-state index in [-0.39, 0.29) is 47.0 Å². The number of allylic oxidation sites excluding steroid dienone is 1. The first-order chi connectivity index (χ1) is 16.2. The second-order valence-corrected chi connectivity index (χ2v) is 14.4. The molecule has 5 aliphatic rings. The van der Waals surface area contributed by atoms with Gasteiger partial charge in [0.05, 0.1) is 10.8 Å². The Balaban J connectivity index is 1.66. The molecule has 5 nitrogen and oxygen atoms in total. The van der Waals surface area contributed by atoms with E-state index in [1.807, 2.05) is 6.92 Å². The van der Waals surface area contributed by atoms with E-state index in [2.05, 4.69) is 34.3 Å². The Labute approximate surface area is 210 Å². The number of hydrogen-bond acceptors (Lipinski definition) is 3. The van der Waals surface area contributed by atoms with E-state index in [0.29, 0.717) is 25.2 Å². The van der Waals surface area contributed by atoms with Gasteiger partial charge in [-0.25, -0.2) is 0 Å². The molecule has 3 N–H and O–H groups in total. The minimum Gasteiger partial charge on any atom is -0.481 e. The molecule has 0 saturated heterocycles. The van der Waals surface area contributed by atoms with Gasteiger partial charge in [0.15, 0.2) is 0 Å². The van der Waals surface area contributed by atoms with Crippen LogP contribution >= 0.6 is 0 Å². The van der Waals surface area contributed by atoms with Crippen LogP contribution in [-0.4, -0.2) is 33.9 Å². The summed E-state index contributed by atoms with van der Waals surface area (Å²) in [6.45, 7) is 15.7. The number of aliphatic carboxylic acids is 2. The maximum Gasteiger partial charge on any atom is 0.310 e. The minimum atomic E-state index is -0.918. The van der Waals surface area contributed by atoms with Crippen molar-refractivity contribution in [2.75, 3.05) is 6.61 Å². The number of fused-ring (bicyclic) bond motifs is 7. The molecule has 5 fully saturated rings. The SMILES string of the molecule is C=C(C)C1CC[C@]2(C(=O)O)CC[C@]3(C(=O)O)C(CCC4[C@@]5(C)[C@H](CO)CC(C)(C)[C@@H]5CC[C@]43C)C12. The van der Waals surface area contributed by atoms with Crippen molar-refractivity contribution in [2.45, 2.75) is 92.4 Å². The summed E-state index contributed by atoms with van der Waals surface area (Å²) >= 11 is 0. The lowest BCUT2D eigenvalue weighted by atomic mass is 9.33. The largest absolute Gasteiger partial charge is 0.481 e. The van der Waals surface area contributed by atoms with Crippen LogP contribution in [0.5, 0.6) is 0 Å². The van der Waals surface area contributed by atoms with Crippen molar-refractivity contribution in [3.8, 4) is 0 Å². The molecule has 0 aromatic carbocycles. The molecule has 0 aliphatic heterocycles. The van der Waals surface area contributed by atoms with E-state index in [4.69, 9.17) is 0 Å². The lowest BCUT2D eigenvalue weighted by Crippen LogP contribution is -2.68. The molecule has 0 spiro atoms. The monoisotopic (exact) mass is 486 g/mol. The van der Waals surface area contributed by atoms with E-state index in [1.165, 1.54) is 0 Å². The number of hydrogen-bond donors (Lipinski definition) is 3. The molecular formula is C30H46O5. The summed E-state index contributed by atoms with van der Waals surface area (Å²) in [7, 11) is 0. The van der Waals surface area contributed by atoms with Crippen molar-refractivity contribution >= 4 is 11.9 Å². The van der Waals surface area contributed by atoms with Crippen molar-refractivity contribution in [3.63, 3.8) is 0 Å². The Morgan fingerprint density at radius 3 is 2.14 bits per heavy atom. The standard InChI is InChI=1S/C30H46O5/c1-17(2)19-9-12-29(24(32)33)13-14-30(25(34)35)20(23(19)29)7-8-22-27(30,5)11-10-21-26(3,4)15-18(16-31)28(21,22)6/h18-23,31H,1,7-16H2,2-6H3,(H,32,33)(H,34,35)/t18-,19?,20?,21-,22?,23?,27+,28-,29-,30+/m0/s1. The first kappa shape index (κ1) is 25.3. The molecular weight excluding hydrogens is 440 g/mol. The van der Waals surface area contributed by atoms with E-state index in [9.17, 15) is 24.9 Å². The number of carbonyl (C=O) groups is 2. The predicted molar refractivity (Wildman–Crippen MR) is 135 cm³/mol. The molecule has 5 rings (SSSR count). The van der Waals surface area contributed by atoms with Crippen molar-refractivity contribution < 1.29 is 24.9 Å². The second-order valence-electron chi connectivity index (χ2n) is 14.4. The summed E-state index contributed by atoms with van der Waals surface area (Å²) < 4.78 is 0. The zero-order valence-electron chi connectivity index (χ0n) is 22.4. The summed E-state index contributed by atoms with van der Waals surface area (Å²) in [5, 5.41) is 32.1. The number of carboxylic acid groups (broad SMARTS) is 2. The molecule has 196 valence electrons. The van der Waals surface area contributed by atoms with Gasteiger partial charge in [-0.1, -0.05) is 39.8 Å².